The summed E-state index contributed by atoms with van der Waals surface area (Å²) in [6.45, 7) is 2.02. The molecule has 7 nitrogen and oxygen atoms in total. The van der Waals surface area contributed by atoms with Gasteiger partial charge in [0, 0.05) is 31.1 Å². The second kappa shape index (κ2) is 7.42. The third-order valence-corrected chi connectivity index (χ3v) is 5.36. The summed E-state index contributed by atoms with van der Waals surface area (Å²) in [7, 11) is 1.37. The van der Waals surface area contributed by atoms with Crippen LogP contribution >= 0.6 is 0 Å². The number of rotatable bonds is 4. The standard InChI is InChI=1S/C20H23N3O4/c1-26-18(24)12-15-11-17(22-21-15)13-5-8-23(9-6-13)20(25)16-4-2-3-14-7-10-27-19(14)16/h2-4,11,13H,5-10,12H2,1H3,(H,21,22). The molecule has 1 N–H and O–H groups in total. The summed E-state index contributed by atoms with van der Waals surface area (Å²) < 4.78 is 10.4. The lowest BCUT2D eigenvalue weighted by atomic mass is 9.93. The number of esters is 1. The van der Waals surface area contributed by atoms with Gasteiger partial charge < -0.3 is 14.4 Å². The molecule has 1 aromatic carbocycles. The number of aromatic nitrogens is 2. The van der Waals surface area contributed by atoms with Crippen LogP contribution in [0.5, 0.6) is 5.75 Å². The van der Waals surface area contributed by atoms with Gasteiger partial charge in [0.25, 0.3) is 5.91 Å². The van der Waals surface area contributed by atoms with Gasteiger partial charge in [-0.15, -0.1) is 0 Å². The van der Waals surface area contributed by atoms with E-state index in [0.29, 0.717) is 25.3 Å². The Labute approximate surface area is 157 Å². The van der Waals surface area contributed by atoms with Crippen LogP contribution in [0.2, 0.25) is 0 Å². The Balaban J connectivity index is 1.39. The molecule has 142 valence electrons. The van der Waals surface area contributed by atoms with Crippen LogP contribution in [0.25, 0.3) is 0 Å². The van der Waals surface area contributed by atoms with E-state index in [4.69, 9.17) is 4.74 Å². The molecule has 1 fully saturated rings. The maximum Gasteiger partial charge on any atom is 0.311 e. The number of aromatic amines is 1. The predicted octanol–water partition coefficient (Wildman–Crippen LogP) is 2.08. The van der Waals surface area contributed by atoms with Gasteiger partial charge >= 0.3 is 5.97 Å². The number of nitrogens with one attached hydrogen (secondary N) is 1. The largest absolute Gasteiger partial charge is 0.492 e. The molecule has 7 heteroatoms. The highest BCUT2D eigenvalue weighted by atomic mass is 16.5. The number of fused-ring (bicyclic) bond motifs is 1. The Bertz CT molecular complexity index is 853. The second-order valence-corrected chi connectivity index (χ2v) is 7.03. The van der Waals surface area contributed by atoms with E-state index in [0.717, 1.165) is 42.0 Å². The van der Waals surface area contributed by atoms with Gasteiger partial charge in [0.1, 0.15) is 5.75 Å². The Hall–Kier alpha value is -2.83. The van der Waals surface area contributed by atoms with Crippen molar-refractivity contribution in [2.24, 2.45) is 0 Å². The molecule has 0 atom stereocenters. The summed E-state index contributed by atoms with van der Waals surface area (Å²) in [5.74, 6) is 0.794. The zero-order valence-corrected chi connectivity index (χ0v) is 15.4. The van der Waals surface area contributed by atoms with Gasteiger partial charge in [-0.3, -0.25) is 14.7 Å². The first-order chi connectivity index (χ1) is 13.2. The Morgan fingerprint density at radius 1 is 1.33 bits per heavy atom. The third-order valence-electron chi connectivity index (χ3n) is 5.36. The molecule has 0 aliphatic carbocycles. The van der Waals surface area contributed by atoms with Crippen LogP contribution in [-0.4, -0.2) is 53.8 Å². The molecule has 0 saturated carbocycles. The second-order valence-electron chi connectivity index (χ2n) is 7.03. The maximum absolute atomic E-state index is 12.9. The van der Waals surface area contributed by atoms with Crippen molar-refractivity contribution in [2.75, 3.05) is 26.8 Å². The molecule has 2 aromatic rings. The van der Waals surface area contributed by atoms with Crippen LogP contribution in [0.4, 0.5) is 0 Å². The summed E-state index contributed by atoms with van der Waals surface area (Å²) in [4.78, 5) is 26.2. The van der Waals surface area contributed by atoms with Crippen LogP contribution in [-0.2, 0) is 22.4 Å². The lowest BCUT2D eigenvalue weighted by Crippen LogP contribution is -2.38. The molecule has 4 rings (SSSR count). The number of amides is 1. The molecule has 1 amide bonds. The molecule has 2 aliphatic rings. The van der Waals surface area contributed by atoms with Crippen molar-refractivity contribution < 1.29 is 19.1 Å². The van der Waals surface area contributed by atoms with Gasteiger partial charge in [-0.05, 0) is 30.5 Å². The van der Waals surface area contributed by atoms with E-state index >= 15 is 0 Å². The summed E-state index contributed by atoms with van der Waals surface area (Å²) >= 11 is 0. The number of methoxy groups -OCH3 is 1. The molecular formula is C20H23N3O4. The number of carbonyl (C=O) groups excluding carboxylic acids is 2. The Kier molecular flexibility index (Phi) is 4.83. The van der Waals surface area contributed by atoms with Crippen molar-refractivity contribution in [3.8, 4) is 5.75 Å². The van der Waals surface area contributed by atoms with Crippen molar-refractivity contribution in [3.05, 3.63) is 46.8 Å². The van der Waals surface area contributed by atoms with Crippen molar-refractivity contribution in [1.82, 2.24) is 15.1 Å². The highest BCUT2D eigenvalue weighted by Crippen LogP contribution is 2.32. The molecule has 0 bridgehead atoms. The lowest BCUT2D eigenvalue weighted by molar-refractivity contribution is -0.139. The number of hydrogen-bond acceptors (Lipinski definition) is 5. The van der Waals surface area contributed by atoms with Crippen LogP contribution in [0.1, 0.15) is 46.1 Å². The average molecular weight is 369 g/mol. The highest BCUT2D eigenvalue weighted by molar-refractivity contribution is 5.97. The number of benzene rings is 1. The fraction of sp³-hybridized carbons (Fsp3) is 0.450. The van der Waals surface area contributed by atoms with E-state index < -0.39 is 0 Å². The van der Waals surface area contributed by atoms with E-state index in [1.165, 1.54) is 7.11 Å². The lowest BCUT2D eigenvalue weighted by Gasteiger charge is -2.31. The molecule has 27 heavy (non-hydrogen) atoms. The molecule has 1 saturated heterocycles. The number of carbonyl (C=O) groups is 2. The minimum absolute atomic E-state index is 0.0422. The van der Waals surface area contributed by atoms with E-state index in [1.54, 1.807) is 0 Å². The van der Waals surface area contributed by atoms with Gasteiger partial charge in [-0.2, -0.15) is 5.10 Å². The number of likely N-dealkylation sites (tertiary alicyclic amines) is 1. The van der Waals surface area contributed by atoms with Crippen LogP contribution < -0.4 is 4.74 Å². The molecule has 2 aliphatic heterocycles. The van der Waals surface area contributed by atoms with Gasteiger partial charge in [0.15, 0.2) is 0 Å². The number of ether oxygens (including phenoxy) is 2. The monoisotopic (exact) mass is 369 g/mol. The van der Waals surface area contributed by atoms with E-state index in [2.05, 4.69) is 14.9 Å². The minimum Gasteiger partial charge on any atom is -0.492 e. The van der Waals surface area contributed by atoms with Crippen molar-refractivity contribution in [1.29, 1.82) is 0 Å². The number of para-hydroxylation sites is 1. The number of piperidine rings is 1. The van der Waals surface area contributed by atoms with E-state index in [9.17, 15) is 9.59 Å². The van der Waals surface area contributed by atoms with Crippen molar-refractivity contribution in [2.45, 2.75) is 31.6 Å². The van der Waals surface area contributed by atoms with Gasteiger partial charge in [-0.1, -0.05) is 12.1 Å². The third kappa shape index (κ3) is 3.54. The van der Waals surface area contributed by atoms with Crippen molar-refractivity contribution in [3.63, 3.8) is 0 Å². The smallest absolute Gasteiger partial charge is 0.311 e. The molecule has 3 heterocycles. The topological polar surface area (TPSA) is 84.5 Å². The normalized spacial score (nSPS) is 16.7. The summed E-state index contributed by atoms with van der Waals surface area (Å²) in [5, 5.41) is 7.25. The van der Waals surface area contributed by atoms with Crippen molar-refractivity contribution >= 4 is 11.9 Å². The Morgan fingerprint density at radius 2 is 2.15 bits per heavy atom. The molecule has 0 radical (unpaired) electrons. The fourth-order valence-corrected chi connectivity index (χ4v) is 3.84. The van der Waals surface area contributed by atoms with Crippen LogP contribution in [0.15, 0.2) is 24.3 Å². The summed E-state index contributed by atoms with van der Waals surface area (Å²) in [6.07, 6.45) is 2.76. The minimum atomic E-state index is -0.289. The van der Waals surface area contributed by atoms with Crippen LogP contribution in [0.3, 0.4) is 0 Å². The number of hydrogen-bond donors (Lipinski definition) is 1. The predicted molar refractivity (Wildman–Crippen MR) is 97.8 cm³/mol. The first-order valence-electron chi connectivity index (χ1n) is 9.30. The highest BCUT2D eigenvalue weighted by Gasteiger charge is 2.29. The molecular weight excluding hydrogens is 346 g/mol. The Morgan fingerprint density at radius 3 is 2.93 bits per heavy atom. The zero-order chi connectivity index (χ0) is 18.8. The first-order valence-corrected chi connectivity index (χ1v) is 9.30. The fourth-order valence-electron chi connectivity index (χ4n) is 3.84. The molecule has 1 aromatic heterocycles. The number of nitrogens with zero attached hydrogens (tertiary/aromatic N) is 2. The van der Waals surface area contributed by atoms with Gasteiger partial charge in [0.05, 0.1) is 31.4 Å². The zero-order valence-electron chi connectivity index (χ0n) is 15.4. The first kappa shape index (κ1) is 17.6. The summed E-state index contributed by atoms with van der Waals surface area (Å²) in [6, 6.07) is 7.73. The quantitative estimate of drug-likeness (QED) is 0.834. The van der Waals surface area contributed by atoms with E-state index in [-0.39, 0.29) is 24.2 Å². The average Bonchev–Trinajstić information content (AvgIpc) is 3.36. The van der Waals surface area contributed by atoms with Crippen LogP contribution in [0, 0.1) is 0 Å². The molecule has 0 spiro atoms. The SMILES string of the molecule is COC(=O)Cc1cc(C2CCN(C(=O)c3cccc4c3OCC4)CC2)n[nH]1. The molecule has 0 unspecified atom stereocenters. The van der Waals surface area contributed by atoms with Gasteiger partial charge in [0.2, 0.25) is 0 Å². The van der Waals surface area contributed by atoms with Gasteiger partial charge in [-0.25, -0.2) is 0 Å². The van der Waals surface area contributed by atoms with E-state index in [1.807, 2.05) is 29.2 Å². The maximum atomic E-state index is 12.9. The summed E-state index contributed by atoms with van der Waals surface area (Å²) in [5.41, 5.74) is 3.49. The number of H-pyrrole nitrogens is 1.